The van der Waals surface area contributed by atoms with Crippen LogP contribution in [0.2, 0.25) is 0 Å². The highest BCUT2D eigenvalue weighted by molar-refractivity contribution is 5.28. The first-order valence-electron chi connectivity index (χ1n) is 8.15. The molecule has 2 N–H and O–H groups in total. The van der Waals surface area contributed by atoms with Crippen LogP contribution < -0.4 is 5.73 Å². The Balaban J connectivity index is 2.11. The van der Waals surface area contributed by atoms with Crippen molar-refractivity contribution in [2.45, 2.75) is 59.0 Å². The van der Waals surface area contributed by atoms with Gasteiger partial charge in [-0.3, -0.25) is 4.90 Å². The van der Waals surface area contributed by atoms with Gasteiger partial charge in [-0.2, -0.15) is 0 Å². The maximum absolute atomic E-state index is 6.00. The molecule has 1 aliphatic carbocycles. The number of rotatable bonds is 5. The van der Waals surface area contributed by atoms with Crippen LogP contribution in [0.15, 0.2) is 18.2 Å². The highest BCUT2D eigenvalue weighted by Gasteiger charge is 2.28. The summed E-state index contributed by atoms with van der Waals surface area (Å²) in [4.78, 5) is 2.64. The molecule has 112 valence electrons. The molecule has 2 nitrogen and oxygen atoms in total. The van der Waals surface area contributed by atoms with Gasteiger partial charge in [-0.1, -0.05) is 49.1 Å². The summed E-state index contributed by atoms with van der Waals surface area (Å²) in [5.41, 5.74) is 10.2. The number of aryl methyl sites for hydroxylation is 2. The van der Waals surface area contributed by atoms with Gasteiger partial charge in [-0.25, -0.2) is 0 Å². The first-order valence-corrected chi connectivity index (χ1v) is 8.15. The lowest BCUT2D eigenvalue weighted by Crippen LogP contribution is -2.44. The van der Waals surface area contributed by atoms with E-state index in [0.717, 1.165) is 19.6 Å². The van der Waals surface area contributed by atoms with Crippen LogP contribution in [0.5, 0.6) is 0 Å². The van der Waals surface area contributed by atoms with E-state index in [-0.39, 0.29) is 0 Å². The van der Waals surface area contributed by atoms with Gasteiger partial charge in [0.2, 0.25) is 0 Å². The molecule has 0 aliphatic heterocycles. The normalized spacial score (nSPS) is 23.2. The molecule has 0 radical (unpaired) electrons. The molecule has 1 fully saturated rings. The SMILES string of the molecule is CCN(Cc1cc(C)cc(C)c1)C1CCCCC1CN. The minimum Gasteiger partial charge on any atom is -0.330 e. The van der Waals surface area contributed by atoms with Crippen LogP contribution >= 0.6 is 0 Å². The van der Waals surface area contributed by atoms with E-state index < -0.39 is 0 Å². The van der Waals surface area contributed by atoms with Crippen LogP contribution in [0.4, 0.5) is 0 Å². The Labute approximate surface area is 124 Å². The smallest absolute Gasteiger partial charge is 0.0236 e. The van der Waals surface area contributed by atoms with Crippen LogP contribution in [-0.2, 0) is 6.54 Å². The molecule has 0 saturated heterocycles. The topological polar surface area (TPSA) is 29.3 Å². The van der Waals surface area contributed by atoms with E-state index in [0.29, 0.717) is 12.0 Å². The van der Waals surface area contributed by atoms with Gasteiger partial charge in [0.15, 0.2) is 0 Å². The molecule has 0 heterocycles. The number of hydrogen-bond donors (Lipinski definition) is 1. The number of nitrogens with two attached hydrogens (primary N) is 1. The molecular formula is C18H30N2. The van der Waals surface area contributed by atoms with Gasteiger partial charge in [0, 0.05) is 12.6 Å². The van der Waals surface area contributed by atoms with E-state index in [9.17, 15) is 0 Å². The van der Waals surface area contributed by atoms with E-state index in [2.05, 4.69) is 43.9 Å². The molecule has 0 bridgehead atoms. The van der Waals surface area contributed by atoms with Gasteiger partial charge in [-0.15, -0.1) is 0 Å². The second-order valence-corrected chi connectivity index (χ2v) is 6.41. The summed E-state index contributed by atoms with van der Waals surface area (Å²) in [6, 6.07) is 7.59. The average molecular weight is 274 g/mol. The second kappa shape index (κ2) is 7.24. The first-order chi connectivity index (χ1) is 9.63. The van der Waals surface area contributed by atoms with E-state index in [1.807, 2.05) is 0 Å². The van der Waals surface area contributed by atoms with Crippen molar-refractivity contribution < 1.29 is 0 Å². The van der Waals surface area contributed by atoms with Gasteiger partial charge in [-0.05, 0) is 51.3 Å². The lowest BCUT2D eigenvalue weighted by molar-refractivity contribution is 0.105. The molecule has 2 heteroatoms. The molecule has 20 heavy (non-hydrogen) atoms. The fourth-order valence-corrected chi connectivity index (χ4v) is 3.80. The molecule has 0 aromatic heterocycles. The zero-order valence-corrected chi connectivity index (χ0v) is 13.4. The third-order valence-electron chi connectivity index (χ3n) is 4.71. The number of nitrogens with zero attached hydrogens (tertiary/aromatic N) is 1. The molecule has 0 spiro atoms. The van der Waals surface area contributed by atoms with Gasteiger partial charge < -0.3 is 5.73 Å². The highest BCUT2D eigenvalue weighted by Crippen LogP contribution is 2.29. The predicted molar refractivity (Wildman–Crippen MR) is 86.8 cm³/mol. The lowest BCUT2D eigenvalue weighted by atomic mass is 9.83. The Bertz CT molecular complexity index is 407. The minimum atomic E-state index is 0.680. The van der Waals surface area contributed by atoms with Crippen molar-refractivity contribution in [3.8, 4) is 0 Å². The van der Waals surface area contributed by atoms with Crippen LogP contribution in [0.3, 0.4) is 0 Å². The quantitative estimate of drug-likeness (QED) is 0.888. The second-order valence-electron chi connectivity index (χ2n) is 6.41. The summed E-state index contributed by atoms with van der Waals surface area (Å²) >= 11 is 0. The highest BCUT2D eigenvalue weighted by atomic mass is 15.2. The molecule has 2 unspecified atom stereocenters. The van der Waals surface area contributed by atoms with Gasteiger partial charge in [0.05, 0.1) is 0 Å². The molecule has 0 amide bonds. The summed E-state index contributed by atoms with van der Waals surface area (Å²) < 4.78 is 0. The molecule has 1 aromatic carbocycles. The fraction of sp³-hybridized carbons (Fsp3) is 0.667. The fourth-order valence-electron chi connectivity index (χ4n) is 3.80. The van der Waals surface area contributed by atoms with Crippen LogP contribution in [0.25, 0.3) is 0 Å². The van der Waals surface area contributed by atoms with Crippen molar-refractivity contribution >= 4 is 0 Å². The van der Waals surface area contributed by atoms with Crippen LogP contribution in [0, 0.1) is 19.8 Å². The number of benzene rings is 1. The monoisotopic (exact) mass is 274 g/mol. The summed E-state index contributed by atoms with van der Waals surface area (Å²) in [5.74, 6) is 0.689. The molecule has 1 saturated carbocycles. The Morgan fingerprint density at radius 3 is 2.35 bits per heavy atom. The van der Waals surface area contributed by atoms with Crippen molar-refractivity contribution in [2.24, 2.45) is 11.7 Å². The maximum Gasteiger partial charge on any atom is 0.0236 e. The standard InChI is InChI=1S/C18H30N2/c1-4-20(18-8-6-5-7-17(18)12-19)13-16-10-14(2)9-15(3)11-16/h9-11,17-18H,4-8,12-13,19H2,1-3H3. The maximum atomic E-state index is 6.00. The number of hydrogen-bond acceptors (Lipinski definition) is 2. The molecule has 2 rings (SSSR count). The zero-order valence-electron chi connectivity index (χ0n) is 13.4. The molecule has 1 aliphatic rings. The van der Waals surface area contributed by atoms with Crippen molar-refractivity contribution in [1.29, 1.82) is 0 Å². The van der Waals surface area contributed by atoms with Crippen molar-refractivity contribution in [2.75, 3.05) is 13.1 Å². The van der Waals surface area contributed by atoms with E-state index >= 15 is 0 Å². The van der Waals surface area contributed by atoms with Gasteiger partial charge in [0.1, 0.15) is 0 Å². The van der Waals surface area contributed by atoms with Gasteiger partial charge >= 0.3 is 0 Å². The summed E-state index contributed by atoms with van der Waals surface area (Å²) in [7, 11) is 0. The zero-order chi connectivity index (χ0) is 14.5. The third-order valence-corrected chi connectivity index (χ3v) is 4.71. The van der Waals surface area contributed by atoms with Crippen LogP contribution in [0.1, 0.15) is 49.3 Å². The predicted octanol–water partition coefficient (Wildman–Crippen LogP) is 3.64. The van der Waals surface area contributed by atoms with Crippen LogP contribution in [-0.4, -0.2) is 24.0 Å². The Kier molecular flexibility index (Phi) is 5.62. The molecule has 2 atom stereocenters. The average Bonchev–Trinajstić information content (AvgIpc) is 2.43. The van der Waals surface area contributed by atoms with Crippen molar-refractivity contribution in [1.82, 2.24) is 4.90 Å². The van der Waals surface area contributed by atoms with E-state index in [1.54, 1.807) is 0 Å². The van der Waals surface area contributed by atoms with E-state index in [1.165, 1.54) is 42.4 Å². The lowest BCUT2D eigenvalue weighted by Gasteiger charge is -2.39. The Hall–Kier alpha value is -0.860. The first kappa shape index (κ1) is 15.5. The minimum absolute atomic E-state index is 0.680. The largest absolute Gasteiger partial charge is 0.330 e. The Morgan fingerprint density at radius 1 is 1.10 bits per heavy atom. The molecular weight excluding hydrogens is 244 g/mol. The van der Waals surface area contributed by atoms with Crippen molar-refractivity contribution in [3.63, 3.8) is 0 Å². The Morgan fingerprint density at radius 2 is 1.75 bits per heavy atom. The third kappa shape index (κ3) is 3.83. The van der Waals surface area contributed by atoms with E-state index in [4.69, 9.17) is 5.73 Å². The summed E-state index contributed by atoms with van der Waals surface area (Å²) in [6.07, 6.45) is 5.36. The summed E-state index contributed by atoms with van der Waals surface area (Å²) in [5, 5.41) is 0. The molecule has 1 aromatic rings. The van der Waals surface area contributed by atoms with Crippen molar-refractivity contribution in [3.05, 3.63) is 34.9 Å². The summed E-state index contributed by atoms with van der Waals surface area (Å²) in [6.45, 7) is 9.69. The van der Waals surface area contributed by atoms with Gasteiger partial charge in [0.25, 0.3) is 0 Å².